The number of nitrogens with two attached hydrogens (primary N) is 1. The fraction of sp³-hybridized carbons (Fsp3) is 0.0769. The molecule has 0 radical (unpaired) electrons. The monoisotopic (exact) mass is 292 g/mol. The molecule has 0 heterocycles. The highest BCUT2D eigenvalue weighted by atomic mass is 33.1. The summed E-state index contributed by atoms with van der Waals surface area (Å²) in [5.41, 5.74) is 7.79. The molecule has 2 aromatic rings. The first-order valence-corrected chi connectivity index (χ1v) is 7.67. The Morgan fingerprint density at radius 3 is 2.53 bits per heavy atom. The molecule has 0 amide bonds. The zero-order valence-electron chi connectivity index (χ0n) is 10.2. The van der Waals surface area contributed by atoms with Crippen LogP contribution in [0.5, 0.6) is 0 Å². The van der Waals surface area contributed by atoms with Crippen molar-refractivity contribution in [1.82, 2.24) is 0 Å². The molecule has 0 bridgehead atoms. The van der Waals surface area contributed by atoms with Gasteiger partial charge >= 0.3 is 0 Å². The van der Waals surface area contributed by atoms with Crippen LogP contribution in [0.3, 0.4) is 0 Å². The lowest BCUT2D eigenvalue weighted by Gasteiger charge is -2.06. The van der Waals surface area contributed by atoms with E-state index < -0.39 is 0 Å². The lowest BCUT2D eigenvalue weighted by atomic mass is 10.2. The smallest absolute Gasteiger partial charge is 0.283 e. The molecule has 6 heteroatoms. The number of nitrogen functional groups attached to an aromatic ring is 1. The summed E-state index contributed by atoms with van der Waals surface area (Å²) < 4.78 is 0. The van der Waals surface area contributed by atoms with Crippen LogP contribution in [-0.2, 0) is 0 Å². The molecule has 0 aliphatic rings. The molecule has 0 atom stereocenters. The third-order valence-electron chi connectivity index (χ3n) is 2.45. The number of aryl methyl sites for hydroxylation is 1. The van der Waals surface area contributed by atoms with Crippen LogP contribution < -0.4 is 5.73 Å². The van der Waals surface area contributed by atoms with Crippen LogP contribution in [0.2, 0.25) is 0 Å². The third-order valence-corrected chi connectivity index (χ3v) is 4.92. The van der Waals surface area contributed by atoms with Gasteiger partial charge in [-0.3, -0.25) is 10.1 Å². The highest BCUT2D eigenvalue weighted by Gasteiger charge is 2.13. The van der Waals surface area contributed by atoms with Gasteiger partial charge in [-0.2, -0.15) is 0 Å². The molecule has 98 valence electrons. The Labute approximate surface area is 118 Å². The topological polar surface area (TPSA) is 69.2 Å². The summed E-state index contributed by atoms with van der Waals surface area (Å²) >= 11 is 0. The Hall–Kier alpha value is -1.66. The minimum absolute atomic E-state index is 0.117. The van der Waals surface area contributed by atoms with Gasteiger partial charge < -0.3 is 5.73 Å². The number of anilines is 1. The van der Waals surface area contributed by atoms with E-state index in [1.165, 1.54) is 27.7 Å². The average molecular weight is 292 g/mol. The molecule has 0 saturated carbocycles. The summed E-state index contributed by atoms with van der Waals surface area (Å²) in [4.78, 5) is 12.1. The minimum Gasteiger partial charge on any atom is -0.398 e. The number of rotatable bonds is 4. The van der Waals surface area contributed by atoms with Gasteiger partial charge in [0.05, 0.1) is 9.82 Å². The first kappa shape index (κ1) is 13.8. The average Bonchev–Trinajstić information content (AvgIpc) is 2.40. The van der Waals surface area contributed by atoms with E-state index in [-0.39, 0.29) is 10.6 Å². The maximum atomic E-state index is 10.9. The summed E-state index contributed by atoms with van der Waals surface area (Å²) in [6, 6.07) is 12.4. The predicted molar refractivity (Wildman–Crippen MR) is 80.4 cm³/mol. The van der Waals surface area contributed by atoms with E-state index in [4.69, 9.17) is 5.73 Å². The van der Waals surface area contributed by atoms with Crippen LogP contribution in [0.4, 0.5) is 11.4 Å². The summed E-state index contributed by atoms with van der Waals surface area (Å²) in [5.74, 6) is 0. The summed E-state index contributed by atoms with van der Waals surface area (Å²) in [6.45, 7) is 1.99. The molecule has 0 fully saturated rings. The van der Waals surface area contributed by atoms with E-state index in [0.717, 1.165) is 10.5 Å². The number of hydrogen-bond donors (Lipinski definition) is 1. The lowest BCUT2D eigenvalue weighted by molar-refractivity contribution is -0.387. The van der Waals surface area contributed by atoms with Crippen molar-refractivity contribution in [2.45, 2.75) is 16.7 Å². The Kier molecular flexibility index (Phi) is 4.34. The van der Waals surface area contributed by atoms with Gasteiger partial charge in [-0.25, -0.2) is 0 Å². The van der Waals surface area contributed by atoms with Crippen molar-refractivity contribution in [1.29, 1.82) is 0 Å². The Balaban J connectivity index is 2.19. The molecule has 2 N–H and O–H groups in total. The SMILES string of the molecule is Cc1ccc(N)c(SSc2ccccc2[N+](=O)[O-])c1. The summed E-state index contributed by atoms with van der Waals surface area (Å²) in [7, 11) is 2.78. The van der Waals surface area contributed by atoms with Crippen molar-refractivity contribution < 1.29 is 4.92 Å². The van der Waals surface area contributed by atoms with Crippen LogP contribution in [0.15, 0.2) is 52.3 Å². The van der Waals surface area contributed by atoms with Crippen LogP contribution in [0.1, 0.15) is 5.56 Å². The summed E-state index contributed by atoms with van der Waals surface area (Å²) in [6.07, 6.45) is 0. The number of nitrogens with zero attached hydrogens (tertiary/aromatic N) is 1. The zero-order chi connectivity index (χ0) is 13.8. The maximum Gasteiger partial charge on any atom is 0.283 e. The van der Waals surface area contributed by atoms with Gasteiger partial charge in [0.2, 0.25) is 0 Å². The molecule has 4 nitrogen and oxygen atoms in total. The maximum absolute atomic E-state index is 10.9. The zero-order valence-corrected chi connectivity index (χ0v) is 11.8. The first-order chi connectivity index (χ1) is 9.08. The van der Waals surface area contributed by atoms with Crippen molar-refractivity contribution >= 4 is 33.0 Å². The molecule has 0 aromatic heterocycles. The molecular weight excluding hydrogens is 280 g/mol. The van der Waals surface area contributed by atoms with Crippen molar-refractivity contribution in [2.24, 2.45) is 0 Å². The third kappa shape index (κ3) is 3.42. The quantitative estimate of drug-likeness (QED) is 0.394. The second-order valence-electron chi connectivity index (χ2n) is 3.93. The molecular formula is C13H12N2O2S2. The first-order valence-electron chi connectivity index (χ1n) is 5.52. The number of benzene rings is 2. The fourth-order valence-corrected chi connectivity index (χ4v) is 3.82. The number of hydrogen-bond acceptors (Lipinski definition) is 5. The predicted octanol–water partition coefficient (Wildman–Crippen LogP) is 4.28. The Morgan fingerprint density at radius 2 is 1.79 bits per heavy atom. The van der Waals surface area contributed by atoms with Crippen molar-refractivity contribution in [3.63, 3.8) is 0 Å². The highest BCUT2D eigenvalue weighted by Crippen LogP contribution is 2.43. The highest BCUT2D eigenvalue weighted by molar-refractivity contribution is 8.76. The molecule has 0 aliphatic carbocycles. The largest absolute Gasteiger partial charge is 0.398 e. The normalized spacial score (nSPS) is 10.4. The van der Waals surface area contributed by atoms with Gasteiger partial charge in [-0.15, -0.1) is 0 Å². The lowest BCUT2D eigenvalue weighted by Crippen LogP contribution is -1.90. The molecule has 0 aliphatic heterocycles. The molecule has 2 rings (SSSR count). The molecule has 0 unspecified atom stereocenters. The van der Waals surface area contributed by atoms with Gasteiger partial charge in [-0.1, -0.05) is 29.0 Å². The minimum atomic E-state index is -0.373. The van der Waals surface area contributed by atoms with Crippen molar-refractivity contribution in [3.05, 3.63) is 58.1 Å². The van der Waals surface area contributed by atoms with Gasteiger partial charge in [0.15, 0.2) is 0 Å². The van der Waals surface area contributed by atoms with Gasteiger partial charge in [-0.05, 0) is 41.5 Å². The Morgan fingerprint density at radius 1 is 1.11 bits per heavy atom. The van der Waals surface area contributed by atoms with E-state index in [0.29, 0.717) is 10.6 Å². The molecule has 2 aromatic carbocycles. The van der Waals surface area contributed by atoms with E-state index in [1.807, 2.05) is 25.1 Å². The standard InChI is InChI=1S/C13H12N2O2S2/c1-9-6-7-10(14)13(8-9)19-18-12-5-3-2-4-11(12)15(16)17/h2-8H,14H2,1H3. The van der Waals surface area contributed by atoms with Gasteiger partial charge in [0.1, 0.15) is 0 Å². The van der Waals surface area contributed by atoms with Crippen molar-refractivity contribution in [2.75, 3.05) is 5.73 Å². The van der Waals surface area contributed by atoms with E-state index in [9.17, 15) is 10.1 Å². The number of nitro benzene ring substituents is 1. The van der Waals surface area contributed by atoms with Gasteiger partial charge in [0.25, 0.3) is 5.69 Å². The second-order valence-corrected chi connectivity index (χ2v) is 6.15. The van der Waals surface area contributed by atoms with Crippen LogP contribution in [0.25, 0.3) is 0 Å². The van der Waals surface area contributed by atoms with E-state index in [1.54, 1.807) is 18.2 Å². The van der Waals surface area contributed by atoms with Crippen LogP contribution in [0, 0.1) is 17.0 Å². The van der Waals surface area contributed by atoms with Crippen LogP contribution >= 0.6 is 21.6 Å². The van der Waals surface area contributed by atoms with Crippen LogP contribution in [-0.4, -0.2) is 4.92 Å². The number of para-hydroxylation sites is 1. The van der Waals surface area contributed by atoms with E-state index >= 15 is 0 Å². The fourth-order valence-electron chi connectivity index (χ4n) is 1.48. The molecule has 0 saturated heterocycles. The summed E-state index contributed by atoms with van der Waals surface area (Å²) in [5, 5.41) is 10.9. The molecule has 19 heavy (non-hydrogen) atoms. The van der Waals surface area contributed by atoms with E-state index in [2.05, 4.69) is 0 Å². The van der Waals surface area contributed by atoms with Crippen molar-refractivity contribution in [3.8, 4) is 0 Å². The van der Waals surface area contributed by atoms with Gasteiger partial charge in [0, 0.05) is 16.6 Å². The second kappa shape index (κ2) is 5.99. The number of nitro groups is 1. The molecule has 0 spiro atoms. The Bertz CT molecular complexity index is 617.